The second-order valence-electron chi connectivity index (χ2n) is 7.26. The normalized spacial score (nSPS) is 11.4. The van der Waals surface area contributed by atoms with E-state index in [1.54, 1.807) is 13.0 Å². The number of hydrogen-bond acceptors (Lipinski definition) is 4. The van der Waals surface area contributed by atoms with E-state index in [0.29, 0.717) is 22.3 Å². The largest absolute Gasteiger partial charge is 0.322 e. The molecule has 0 aliphatic carbocycles. The van der Waals surface area contributed by atoms with Crippen LogP contribution < -0.4 is 10.0 Å². The summed E-state index contributed by atoms with van der Waals surface area (Å²) in [5, 5.41) is 3.13. The van der Waals surface area contributed by atoms with E-state index in [1.165, 1.54) is 42.5 Å². The molecule has 3 aromatic carbocycles. The maximum atomic E-state index is 13.7. The van der Waals surface area contributed by atoms with Gasteiger partial charge in [-0.1, -0.05) is 30.3 Å². The standard InChI is InChI=1S/C24H20FN3O3S/c1-16-13-22(21-14-18(25)7-12-23(21)27-16)24(29)28-19-8-10-20(11-9-19)32(30,31)26-15-17-5-3-2-4-6-17/h2-14,26H,15H2,1H3,(H,28,29). The number of rotatable bonds is 6. The Morgan fingerprint density at radius 2 is 1.69 bits per heavy atom. The molecular formula is C24H20FN3O3S. The minimum atomic E-state index is -3.71. The monoisotopic (exact) mass is 449 g/mol. The second-order valence-corrected chi connectivity index (χ2v) is 9.03. The first-order chi connectivity index (χ1) is 15.3. The molecule has 32 heavy (non-hydrogen) atoms. The number of anilines is 1. The van der Waals surface area contributed by atoms with Crippen LogP contribution in [-0.4, -0.2) is 19.3 Å². The highest BCUT2D eigenvalue weighted by molar-refractivity contribution is 7.89. The molecule has 0 bridgehead atoms. The SMILES string of the molecule is Cc1cc(C(=O)Nc2ccc(S(=O)(=O)NCc3ccccc3)cc2)c2cc(F)ccc2n1. The number of hydrogen-bond donors (Lipinski definition) is 2. The molecule has 8 heteroatoms. The summed E-state index contributed by atoms with van der Waals surface area (Å²) in [5.41, 5.74) is 2.68. The van der Waals surface area contributed by atoms with E-state index in [4.69, 9.17) is 0 Å². The van der Waals surface area contributed by atoms with Gasteiger partial charge in [-0.05, 0) is 61.0 Å². The molecule has 0 atom stereocenters. The molecule has 0 aliphatic heterocycles. The lowest BCUT2D eigenvalue weighted by molar-refractivity contribution is 0.102. The Kier molecular flexibility index (Phi) is 5.98. The van der Waals surface area contributed by atoms with Crippen LogP contribution in [0.4, 0.5) is 10.1 Å². The fraction of sp³-hybridized carbons (Fsp3) is 0.0833. The first-order valence-electron chi connectivity index (χ1n) is 9.84. The van der Waals surface area contributed by atoms with Crippen molar-refractivity contribution in [3.63, 3.8) is 0 Å². The van der Waals surface area contributed by atoms with E-state index in [2.05, 4.69) is 15.0 Å². The van der Waals surface area contributed by atoms with E-state index in [-0.39, 0.29) is 17.0 Å². The Bertz CT molecular complexity index is 1390. The topological polar surface area (TPSA) is 88.2 Å². The Morgan fingerprint density at radius 3 is 2.41 bits per heavy atom. The lowest BCUT2D eigenvalue weighted by Gasteiger charge is -2.11. The fourth-order valence-corrected chi connectivity index (χ4v) is 4.31. The third-order valence-electron chi connectivity index (χ3n) is 4.88. The summed E-state index contributed by atoms with van der Waals surface area (Å²) in [4.78, 5) is 17.2. The molecule has 0 radical (unpaired) electrons. The maximum Gasteiger partial charge on any atom is 0.256 e. The second kappa shape index (κ2) is 8.86. The average Bonchev–Trinajstić information content (AvgIpc) is 2.78. The van der Waals surface area contributed by atoms with Gasteiger partial charge in [0.1, 0.15) is 5.82 Å². The van der Waals surface area contributed by atoms with Gasteiger partial charge in [-0.15, -0.1) is 0 Å². The first-order valence-corrected chi connectivity index (χ1v) is 11.3. The zero-order valence-corrected chi connectivity index (χ0v) is 18.0. The molecule has 4 rings (SSSR count). The number of sulfonamides is 1. The summed E-state index contributed by atoms with van der Waals surface area (Å²) >= 11 is 0. The predicted molar refractivity (Wildman–Crippen MR) is 121 cm³/mol. The van der Waals surface area contributed by atoms with Gasteiger partial charge in [0, 0.05) is 23.3 Å². The summed E-state index contributed by atoms with van der Waals surface area (Å²) < 4.78 is 41.3. The number of benzene rings is 3. The van der Waals surface area contributed by atoms with Crippen molar-refractivity contribution in [2.24, 2.45) is 0 Å². The van der Waals surface area contributed by atoms with Crippen molar-refractivity contribution in [1.29, 1.82) is 0 Å². The molecule has 0 saturated carbocycles. The van der Waals surface area contributed by atoms with E-state index in [9.17, 15) is 17.6 Å². The van der Waals surface area contributed by atoms with Crippen LogP contribution in [0.25, 0.3) is 10.9 Å². The van der Waals surface area contributed by atoms with Gasteiger partial charge in [0.05, 0.1) is 16.0 Å². The van der Waals surface area contributed by atoms with Crippen LogP contribution in [0, 0.1) is 12.7 Å². The molecule has 6 nitrogen and oxygen atoms in total. The summed E-state index contributed by atoms with van der Waals surface area (Å²) in [6, 6.07) is 20.7. The van der Waals surface area contributed by atoms with Crippen molar-refractivity contribution < 1.29 is 17.6 Å². The van der Waals surface area contributed by atoms with Gasteiger partial charge in [0.15, 0.2) is 0 Å². The minimum absolute atomic E-state index is 0.0821. The number of halogens is 1. The summed E-state index contributed by atoms with van der Waals surface area (Å²) in [6.07, 6.45) is 0. The maximum absolute atomic E-state index is 13.7. The Morgan fingerprint density at radius 1 is 0.969 bits per heavy atom. The van der Waals surface area contributed by atoms with Crippen LogP contribution in [0.3, 0.4) is 0 Å². The Balaban J connectivity index is 1.51. The molecule has 0 aliphatic rings. The number of carbonyl (C=O) groups excluding carboxylic acids is 1. The molecule has 162 valence electrons. The molecule has 2 N–H and O–H groups in total. The number of carbonyl (C=O) groups is 1. The lowest BCUT2D eigenvalue weighted by atomic mass is 10.1. The van der Waals surface area contributed by atoms with Gasteiger partial charge in [0.25, 0.3) is 5.91 Å². The molecule has 0 fully saturated rings. The number of fused-ring (bicyclic) bond motifs is 1. The van der Waals surface area contributed by atoms with Crippen molar-refractivity contribution in [2.45, 2.75) is 18.4 Å². The van der Waals surface area contributed by atoms with Crippen LogP contribution in [0.1, 0.15) is 21.6 Å². The van der Waals surface area contributed by atoms with Crippen molar-refractivity contribution in [1.82, 2.24) is 9.71 Å². The van der Waals surface area contributed by atoms with Crippen molar-refractivity contribution in [3.05, 3.63) is 102 Å². The molecule has 0 spiro atoms. The summed E-state index contributed by atoms with van der Waals surface area (Å²) in [5.74, 6) is -0.904. The van der Waals surface area contributed by atoms with E-state index in [0.717, 1.165) is 5.56 Å². The van der Waals surface area contributed by atoms with Gasteiger partial charge in [-0.2, -0.15) is 0 Å². The van der Waals surface area contributed by atoms with Crippen molar-refractivity contribution in [2.75, 3.05) is 5.32 Å². The third kappa shape index (κ3) is 4.82. The number of nitrogens with zero attached hydrogens (tertiary/aromatic N) is 1. The zero-order chi connectivity index (χ0) is 22.7. The van der Waals surface area contributed by atoms with Gasteiger partial charge in [-0.3, -0.25) is 9.78 Å². The highest BCUT2D eigenvalue weighted by Gasteiger charge is 2.16. The number of aryl methyl sites for hydroxylation is 1. The molecular weight excluding hydrogens is 429 g/mol. The molecule has 0 unspecified atom stereocenters. The lowest BCUT2D eigenvalue weighted by Crippen LogP contribution is -2.23. The molecule has 1 amide bonds. The van der Waals surface area contributed by atoms with E-state index < -0.39 is 21.7 Å². The highest BCUT2D eigenvalue weighted by atomic mass is 32.2. The third-order valence-corrected chi connectivity index (χ3v) is 6.29. The highest BCUT2D eigenvalue weighted by Crippen LogP contribution is 2.22. The molecule has 4 aromatic rings. The quantitative estimate of drug-likeness (QED) is 0.456. The Labute approximate surface area is 185 Å². The van der Waals surface area contributed by atoms with Crippen molar-refractivity contribution in [3.8, 4) is 0 Å². The number of pyridine rings is 1. The van der Waals surface area contributed by atoms with Crippen LogP contribution in [0.15, 0.2) is 83.8 Å². The zero-order valence-electron chi connectivity index (χ0n) is 17.2. The van der Waals surface area contributed by atoms with E-state index >= 15 is 0 Å². The summed E-state index contributed by atoms with van der Waals surface area (Å²) in [7, 11) is -3.71. The smallest absolute Gasteiger partial charge is 0.256 e. The number of nitrogens with one attached hydrogen (secondary N) is 2. The predicted octanol–water partition coefficient (Wildman–Crippen LogP) is 4.41. The van der Waals surface area contributed by atoms with Crippen LogP contribution in [0.5, 0.6) is 0 Å². The Hall–Kier alpha value is -3.62. The van der Waals surface area contributed by atoms with Crippen molar-refractivity contribution >= 4 is 32.5 Å². The van der Waals surface area contributed by atoms with Gasteiger partial charge >= 0.3 is 0 Å². The minimum Gasteiger partial charge on any atom is -0.322 e. The van der Waals surface area contributed by atoms with Gasteiger partial charge in [-0.25, -0.2) is 17.5 Å². The van der Waals surface area contributed by atoms with Gasteiger partial charge in [0.2, 0.25) is 10.0 Å². The summed E-state index contributed by atoms with van der Waals surface area (Å²) in [6.45, 7) is 1.92. The van der Waals surface area contributed by atoms with Gasteiger partial charge < -0.3 is 5.32 Å². The van der Waals surface area contributed by atoms with Crippen LogP contribution >= 0.6 is 0 Å². The fourth-order valence-electron chi connectivity index (χ4n) is 3.29. The van der Waals surface area contributed by atoms with Crippen LogP contribution in [0.2, 0.25) is 0 Å². The molecule has 0 saturated heterocycles. The molecule has 1 heterocycles. The molecule has 1 aromatic heterocycles. The number of aromatic nitrogens is 1. The van der Waals surface area contributed by atoms with E-state index in [1.807, 2.05) is 30.3 Å². The average molecular weight is 450 g/mol. The first kappa shape index (κ1) is 21.6. The number of amides is 1. The van der Waals surface area contributed by atoms with Crippen LogP contribution in [-0.2, 0) is 16.6 Å².